The van der Waals surface area contributed by atoms with Gasteiger partial charge in [-0.2, -0.15) is 0 Å². The molecule has 0 spiro atoms. The van der Waals surface area contributed by atoms with Crippen LogP contribution in [0.3, 0.4) is 0 Å². The van der Waals surface area contributed by atoms with Crippen molar-refractivity contribution in [3.05, 3.63) is 34.9 Å². The van der Waals surface area contributed by atoms with Crippen LogP contribution < -0.4 is 10.2 Å². The van der Waals surface area contributed by atoms with Crippen molar-refractivity contribution in [3.8, 4) is 0 Å². The predicted octanol–water partition coefficient (Wildman–Crippen LogP) is 1.86. The van der Waals surface area contributed by atoms with Crippen LogP contribution in [0, 0.1) is 13.8 Å². The van der Waals surface area contributed by atoms with Crippen molar-refractivity contribution in [3.63, 3.8) is 0 Å². The Morgan fingerprint density at radius 3 is 2.61 bits per heavy atom. The molecule has 0 bridgehead atoms. The molecule has 28 heavy (non-hydrogen) atoms. The number of nitrogens with one attached hydrogen (secondary N) is 1. The number of carbonyl (C=O) groups excluding carboxylic acids is 2. The van der Waals surface area contributed by atoms with Crippen molar-refractivity contribution in [2.75, 3.05) is 37.5 Å². The van der Waals surface area contributed by atoms with Gasteiger partial charge in [0, 0.05) is 6.92 Å². The number of amides is 2. The molecule has 3 rings (SSSR count). The van der Waals surface area contributed by atoms with Crippen LogP contribution in [0.4, 0.5) is 10.5 Å². The second-order valence-electron chi connectivity index (χ2n) is 7.41. The summed E-state index contributed by atoms with van der Waals surface area (Å²) in [7, 11) is 0.943. The number of cyclic esters (lactones) is 1. The number of hydrogen-bond donors (Lipinski definition) is 1. The standard InChI is InChI=1S/C20H26BN3O4/c1-13-8-17(24-11-18(28-20(24)26)10-22-15(3)25)9-14(2)19(13)16-4-6-23(7-5-16)12-21-27/h4,8-9,18H,5-7,10-12H2,1-3H3,(H,22,25). The third-order valence-electron chi connectivity index (χ3n) is 5.23. The van der Waals surface area contributed by atoms with Gasteiger partial charge in [-0.05, 0) is 0 Å². The van der Waals surface area contributed by atoms with Crippen LogP contribution in [0.5, 0.6) is 0 Å². The van der Waals surface area contributed by atoms with E-state index < -0.39 is 0 Å². The molecule has 1 saturated heterocycles. The van der Waals surface area contributed by atoms with Crippen LogP contribution in [0.2, 0.25) is 0 Å². The fourth-order valence-corrected chi connectivity index (χ4v) is 3.91. The molecule has 1 fully saturated rings. The second kappa shape index (κ2) is 8.69. The van der Waals surface area contributed by atoms with Gasteiger partial charge in [0.25, 0.3) is 0 Å². The van der Waals surface area contributed by atoms with Gasteiger partial charge in [-0.3, -0.25) is 4.79 Å². The summed E-state index contributed by atoms with van der Waals surface area (Å²) < 4.78 is 16.1. The first-order valence-electron chi connectivity index (χ1n) is 9.58. The number of carbonyl (C=O) groups is 2. The van der Waals surface area contributed by atoms with Gasteiger partial charge in [-0.25, -0.2) is 0 Å². The zero-order valence-corrected chi connectivity index (χ0v) is 16.7. The van der Waals surface area contributed by atoms with Crippen molar-refractivity contribution in [1.29, 1.82) is 0 Å². The number of aryl methyl sites for hydroxylation is 2. The van der Waals surface area contributed by atoms with Crippen LogP contribution >= 0.6 is 0 Å². The Kier molecular flexibility index (Phi) is 6.29. The molecule has 0 saturated carbocycles. The number of ether oxygens (including phenoxy) is 1. The fourth-order valence-electron chi connectivity index (χ4n) is 3.91. The molecular formula is C20H26BN3O4. The fraction of sp³-hybridized carbons (Fsp3) is 0.500. The summed E-state index contributed by atoms with van der Waals surface area (Å²) >= 11 is 0. The molecular weight excluding hydrogens is 357 g/mol. The third kappa shape index (κ3) is 4.50. The normalized spacial score (nSPS) is 19.8. The van der Waals surface area contributed by atoms with Gasteiger partial charge < -0.3 is 5.32 Å². The Labute approximate surface area is 166 Å². The van der Waals surface area contributed by atoms with E-state index in [0.717, 1.165) is 43.5 Å². The first kappa shape index (κ1) is 20.3. The molecule has 0 aromatic heterocycles. The Morgan fingerprint density at radius 2 is 2.04 bits per heavy atom. The quantitative estimate of drug-likeness (QED) is 0.759. The van der Waals surface area contributed by atoms with Crippen LogP contribution in [0.1, 0.15) is 30.0 Å². The molecule has 0 radical (unpaired) electrons. The molecule has 1 aromatic carbocycles. The molecule has 0 aliphatic carbocycles. The van der Waals surface area contributed by atoms with E-state index in [2.05, 4.69) is 30.1 Å². The summed E-state index contributed by atoms with van der Waals surface area (Å²) in [6, 6.07) is 4.03. The van der Waals surface area contributed by atoms with Crippen LogP contribution in [-0.2, 0) is 14.2 Å². The number of nitrogens with zero attached hydrogens (tertiary/aromatic N) is 2. The van der Waals surface area contributed by atoms with Crippen LogP contribution in [-0.4, -0.2) is 62.8 Å². The Hall–Kier alpha value is -2.48. The average Bonchev–Trinajstić information content (AvgIpc) is 3.02. The minimum atomic E-state index is -0.386. The Bertz CT molecular complexity index is 801. The van der Waals surface area contributed by atoms with E-state index in [-0.39, 0.29) is 18.1 Å². The third-order valence-corrected chi connectivity index (χ3v) is 5.23. The van der Waals surface area contributed by atoms with Crippen LogP contribution in [0.25, 0.3) is 5.57 Å². The maximum absolute atomic E-state index is 12.3. The topological polar surface area (TPSA) is 79.0 Å². The van der Waals surface area contributed by atoms with E-state index in [1.165, 1.54) is 18.1 Å². The average molecular weight is 383 g/mol. The molecule has 2 heterocycles. The molecule has 1 aromatic rings. The number of hydrogen-bond acceptors (Lipinski definition) is 5. The van der Waals surface area contributed by atoms with Gasteiger partial charge in [-0.1, -0.05) is 0 Å². The molecule has 7 nitrogen and oxygen atoms in total. The molecule has 2 aliphatic heterocycles. The van der Waals surface area contributed by atoms with E-state index >= 15 is 0 Å². The SMILES string of the molecule is CC(=O)NCC1CN(c2cc(C)c(C3=CCN(CB=O)CC3)c(C)c2)C(=O)O1. The molecule has 2 amide bonds. The first-order valence-corrected chi connectivity index (χ1v) is 9.58. The number of rotatable bonds is 6. The molecule has 1 unspecified atom stereocenters. The monoisotopic (exact) mass is 383 g/mol. The second-order valence-corrected chi connectivity index (χ2v) is 7.41. The van der Waals surface area contributed by atoms with E-state index in [0.29, 0.717) is 19.5 Å². The van der Waals surface area contributed by atoms with Crippen molar-refractivity contribution < 1.29 is 19.0 Å². The van der Waals surface area contributed by atoms with E-state index in [4.69, 9.17) is 4.74 Å². The van der Waals surface area contributed by atoms with Gasteiger partial charge in [-0.15, -0.1) is 0 Å². The molecule has 1 N–H and O–H groups in total. The van der Waals surface area contributed by atoms with Gasteiger partial charge in [0.15, 0.2) is 0 Å². The van der Waals surface area contributed by atoms with E-state index in [1.807, 2.05) is 12.1 Å². The Morgan fingerprint density at radius 1 is 1.32 bits per heavy atom. The molecule has 1 atom stereocenters. The van der Waals surface area contributed by atoms with Gasteiger partial charge in [0.2, 0.25) is 5.91 Å². The van der Waals surface area contributed by atoms with Crippen molar-refractivity contribution in [2.24, 2.45) is 0 Å². The zero-order valence-electron chi connectivity index (χ0n) is 16.7. The van der Waals surface area contributed by atoms with E-state index in [1.54, 1.807) is 4.90 Å². The van der Waals surface area contributed by atoms with Crippen molar-refractivity contribution in [2.45, 2.75) is 33.3 Å². The Balaban J connectivity index is 1.76. The summed E-state index contributed by atoms with van der Waals surface area (Å²) in [6.07, 6.45) is 2.83. The molecule has 8 heteroatoms. The summed E-state index contributed by atoms with van der Waals surface area (Å²) in [5, 5.41) is 2.69. The van der Waals surface area contributed by atoms with E-state index in [9.17, 15) is 14.3 Å². The number of anilines is 1. The predicted molar refractivity (Wildman–Crippen MR) is 108 cm³/mol. The number of benzene rings is 1. The van der Waals surface area contributed by atoms with Crippen LogP contribution in [0.15, 0.2) is 18.2 Å². The first-order chi connectivity index (χ1) is 13.4. The van der Waals surface area contributed by atoms with Crippen molar-refractivity contribution >= 4 is 30.4 Å². The van der Waals surface area contributed by atoms with Crippen molar-refractivity contribution in [1.82, 2.24) is 10.2 Å². The maximum atomic E-state index is 12.3. The molecule has 2 aliphatic rings. The van der Waals surface area contributed by atoms with Gasteiger partial charge in [0.05, 0.1) is 6.54 Å². The summed E-state index contributed by atoms with van der Waals surface area (Å²) in [5.41, 5.74) is 5.55. The summed E-state index contributed by atoms with van der Waals surface area (Å²) in [5.74, 6) is -0.141. The van der Waals surface area contributed by atoms with Gasteiger partial charge >= 0.3 is 136 Å². The summed E-state index contributed by atoms with van der Waals surface area (Å²) in [6.45, 7) is 7.93. The zero-order chi connectivity index (χ0) is 20.3. The minimum absolute atomic E-state index is 0.141. The van der Waals surface area contributed by atoms with Gasteiger partial charge in [0.1, 0.15) is 0 Å². The molecule has 148 valence electrons. The summed E-state index contributed by atoms with van der Waals surface area (Å²) in [4.78, 5) is 27.1.